The first-order chi connectivity index (χ1) is 12.2. The summed E-state index contributed by atoms with van der Waals surface area (Å²) in [7, 11) is 0. The van der Waals surface area contributed by atoms with Crippen LogP contribution in [0.3, 0.4) is 0 Å². The van der Waals surface area contributed by atoms with Gasteiger partial charge in [-0.25, -0.2) is 4.98 Å². The summed E-state index contributed by atoms with van der Waals surface area (Å²) in [4.78, 5) is 18.4. The van der Waals surface area contributed by atoms with Crippen LogP contribution in [0.1, 0.15) is 29.1 Å². The number of carbonyl (C=O) groups excluding carboxylic acids is 1. The molecule has 2 heterocycles. The zero-order valence-corrected chi connectivity index (χ0v) is 17.9. The lowest BCUT2D eigenvalue weighted by Crippen LogP contribution is -2.34. The van der Waals surface area contributed by atoms with Gasteiger partial charge in [0.2, 0.25) is 5.91 Å². The van der Waals surface area contributed by atoms with E-state index in [1.54, 1.807) is 11.3 Å². The Kier molecular flexibility index (Phi) is 7.69. The van der Waals surface area contributed by atoms with Gasteiger partial charge in [-0.15, -0.1) is 36.2 Å². The Labute approximate surface area is 177 Å². The monoisotopic (exact) mass is 427 g/mol. The number of hydrogen-bond donors (Lipinski definition) is 2. The van der Waals surface area contributed by atoms with Crippen molar-refractivity contribution in [3.05, 3.63) is 40.2 Å². The second-order valence-electron chi connectivity index (χ2n) is 7.29. The van der Waals surface area contributed by atoms with E-state index in [2.05, 4.69) is 29.7 Å². The van der Waals surface area contributed by atoms with Crippen LogP contribution in [0.15, 0.2) is 30.3 Å². The Morgan fingerprint density at radius 3 is 2.67 bits per heavy atom. The molecular formula is C20H27Cl2N3OS. The quantitative estimate of drug-likeness (QED) is 0.757. The van der Waals surface area contributed by atoms with E-state index in [4.69, 9.17) is 4.98 Å². The first kappa shape index (κ1) is 22.2. The van der Waals surface area contributed by atoms with E-state index in [0.29, 0.717) is 12.0 Å². The number of aromatic nitrogens is 1. The summed E-state index contributed by atoms with van der Waals surface area (Å²) in [6.45, 7) is 4.92. The number of thiazole rings is 1. The molecule has 4 rings (SSSR count). The van der Waals surface area contributed by atoms with E-state index in [1.165, 1.54) is 4.88 Å². The van der Waals surface area contributed by atoms with Gasteiger partial charge in [0.05, 0.1) is 10.7 Å². The van der Waals surface area contributed by atoms with Gasteiger partial charge < -0.3 is 10.6 Å². The van der Waals surface area contributed by atoms with E-state index in [0.717, 1.165) is 55.0 Å². The molecule has 2 aliphatic rings. The van der Waals surface area contributed by atoms with Crippen molar-refractivity contribution in [3.63, 3.8) is 0 Å². The lowest BCUT2D eigenvalue weighted by Gasteiger charge is -2.23. The maximum Gasteiger partial charge on any atom is 0.223 e. The normalized spacial score (nSPS) is 19.7. The van der Waals surface area contributed by atoms with Crippen molar-refractivity contribution in [2.24, 2.45) is 11.3 Å². The Morgan fingerprint density at radius 1 is 1.26 bits per heavy atom. The number of carbonyl (C=O) groups is 1. The molecule has 1 aliphatic heterocycles. The van der Waals surface area contributed by atoms with Crippen LogP contribution in [0.2, 0.25) is 0 Å². The van der Waals surface area contributed by atoms with E-state index in [9.17, 15) is 4.79 Å². The molecule has 0 bridgehead atoms. The van der Waals surface area contributed by atoms with E-state index >= 15 is 0 Å². The number of nitrogens with zero attached hydrogens (tertiary/aromatic N) is 1. The number of amides is 1. The molecule has 4 nitrogen and oxygen atoms in total. The first-order valence-corrected chi connectivity index (χ1v) is 10.00. The summed E-state index contributed by atoms with van der Waals surface area (Å²) in [6.07, 6.45) is 4.19. The van der Waals surface area contributed by atoms with E-state index < -0.39 is 0 Å². The average Bonchev–Trinajstić information content (AvgIpc) is 3.19. The van der Waals surface area contributed by atoms with Crippen LogP contribution in [0, 0.1) is 18.3 Å². The zero-order chi connectivity index (χ0) is 17.3. The number of benzene rings is 1. The highest BCUT2D eigenvalue weighted by molar-refractivity contribution is 7.12. The van der Waals surface area contributed by atoms with Gasteiger partial charge in [-0.3, -0.25) is 4.79 Å². The predicted molar refractivity (Wildman–Crippen MR) is 116 cm³/mol. The van der Waals surface area contributed by atoms with Gasteiger partial charge in [-0.05, 0) is 44.7 Å². The molecule has 1 amide bonds. The molecule has 2 fully saturated rings. The lowest BCUT2D eigenvalue weighted by molar-refractivity contribution is -0.123. The highest BCUT2D eigenvalue weighted by Crippen LogP contribution is 2.58. The smallest absolute Gasteiger partial charge is 0.223 e. The lowest BCUT2D eigenvalue weighted by atomic mass is 9.92. The minimum atomic E-state index is 0. The second kappa shape index (κ2) is 9.37. The molecule has 1 saturated carbocycles. The van der Waals surface area contributed by atoms with Gasteiger partial charge in [0, 0.05) is 29.3 Å². The van der Waals surface area contributed by atoms with Crippen LogP contribution in [0.25, 0.3) is 11.3 Å². The van der Waals surface area contributed by atoms with Gasteiger partial charge >= 0.3 is 0 Å². The van der Waals surface area contributed by atoms with Crippen molar-refractivity contribution >= 4 is 42.1 Å². The van der Waals surface area contributed by atoms with Gasteiger partial charge in [0.25, 0.3) is 0 Å². The minimum Gasteiger partial charge on any atom is -0.355 e. The Balaban J connectivity index is 0.00000131. The Morgan fingerprint density at radius 2 is 1.96 bits per heavy atom. The molecule has 2 N–H and O–H groups in total. The number of rotatable bonds is 5. The van der Waals surface area contributed by atoms with Crippen LogP contribution in [-0.4, -0.2) is 30.5 Å². The number of nitrogens with one attached hydrogen (secondary N) is 2. The molecule has 148 valence electrons. The minimum absolute atomic E-state index is 0. The summed E-state index contributed by atoms with van der Waals surface area (Å²) in [5.74, 6) is 0.492. The van der Waals surface area contributed by atoms with E-state index in [1.807, 2.05) is 18.2 Å². The summed E-state index contributed by atoms with van der Waals surface area (Å²) < 4.78 is 0. The fraction of sp³-hybridized carbons (Fsp3) is 0.500. The molecule has 1 saturated heterocycles. The van der Waals surface area contributed by atoms with Crippen LogP contribution in [0.5, 0.6) is 0 Å². The third-order valence-corrected chi connectivity index (χ3v) is 6.66. The molecule has 0 radical (unpaired) electrons. The van der Waals surface area contributed by atoms with Gasteiger partial charge in [0.15, 0.2) is 0 Å². The maximum atomic E-state index is 12.4. The fourth-order valence-corrected chi connectivity index (χ4v) is 4.99. The summed E-state index contributed by atoms with van der Waals surface area (Å²) in [5, 5.41) is 7.63. The molecule has 1 aromatic carbocycles. The van der Waals surface area contributed by atoms with Crippen molar-refractivity contribution < 1.29 is 4.79 Å². The van der Waals surface area contributed by atoms with Crippen molar-refractivity contribution in [1.29, 1.82) is 0 Å². The van der Waals surface area contributed by atoms with Crippen LogP contribution >= 0.6 is 36.2 Å². The van der Waals surface area contributed by atoms with Crippen LogP contribution < -0.4 is 10.6 Å². The SMILES string of the molecule is Cc1sc(CCNC(=O)C2CC23CCNCC3)nc1-c1ccccc1.Cl.Cl. The molecule has 27 heavy (non-hydrogen) atoms. The molecule has 1 unspecified atom stereocenters. The number of piperidine rings is 1. The largest absolute Gasteiger partial charge is 0.355 e. The maximum absolute atomic E-state index is 12.4. The van der Waals surface area contributed by atoms with Gasteiger partial charge in [-0.2, -0.15) is 0 Å². The Hall–Kier alpha value is -1.14. The molecule has 1 atom stereocenters. The van der Waals surface area contributed by atoms with Crippen molar-refractivity contribution in [2.75, 3.05) is 19.6 Å². The predicted octanol–water partition coefficient (Wildman–Crippen LogP) is 4.01. The van der Waals surface area contributed by atoms with Gasteiger partial charge in [-0.1, -0.05) is 30.3 Å². The molecular weight excluding hydrogens is 401 g/mol. The van der Waals surface area contributed by atoms with Crippen LogP contribution in [-0.2, 0) is 11.2 Å². The van der Waals surface area contributed by atoms with Crippen LogP contribution in [0.4, 0.5) is 0 Å². The summed E-state index contributed by atoms with van der Waals surface area (Å²) >= 11 is 1.74. The Bertz CT molecular complexity index is 760. The standard InChI is InChI=1S/C20H25N3OS.2ClH/c1-14-18(15-5-3-2-4-6-15)23-17(25-14)7-10-22-19(24)16-13-20(16)8-11-21-12-9-20;;/h2-6,16,21H,7-13H2,1H3,(H,22,24);2*1H. The molecule has 1 spiro atoms. The topological polar surface area (TPSA) is 54.0 Å². The zero-order valence-electron chi connectivity index (χ0n) is 15.5. The highest BCUT2D eigenvalue weighted by atomic mass is 35.5. The average molecular weight is 428 g/mol. The molecule has 1 aromatic heterocycles. The summed E-state index contributed by atoms with van der Waals surface area (Å²) in [5.41, 5.74) is 2.55. The molecule has 2 aromatic rings. The fourth-order valence-electron chi connectivity index (χ4n) is 4.03. The number of hydrogen-bond acceptors (Lipinski definition) is 4. The molecule has 1 aliphatic carbocycles. The van der Waals surface area contributed by atoms with Crippen molar-refractivity contribution in [2.45, 2.75) is 32.6 Å². The van der Waals surface area contributed by atoms with Crippen molar-refractivity contribution in [1.82, 2.24) is 15.6 Å². The highest BCUT2D eigenvalue weighted by Gasteiger charge is 2.57. The number of halogens is 2. The van der Waals surface area contributed by atoms with E-state index in [-0.39, 0.29) is 36.6 Å². The second-order valence-corrected chi connectivity index (χ2v) is 8.58. The summed E-state index contributed by atoms with van der Waals surface area (Å²) in [6, 6.07) is 10.3. The van der Waals surface area contributed by atoms with Gasteiger partial charge in [0.1, 0.15) is 0 Å². The third-order valence-electron chi connectivity index (χ3n) is 5.63. The number of aryl methyl sites for hydroxylation is 1. The first-order valence-electron chi connectivity index (χ1n) is 9.18. The molecule has 7 heteroatoms. The van der Waals surface area contributed by atoms with Crippen molar-refractivity contribution in [3.8, 4) is 11.3 Å². The third kappa shape index (κ3) is 4.83.